The van der Waals surface area contributed by atoms with Gasteiger partial charge in [0.2, 0.25) is 6.29 Å². The molecule has 1 atom stereocenters. The van der Waals surface area contributed by atoms with Crippen LogP contribution in [0.1, 0.15) is 5.56 Å². The maximum absolute atomic E-state index is 5.77. The van der Waals surface area contributed by atoms with Crippen molar-refractivity contribution in [1.29, 1.82) is 0 Å². The molecule has 0 radical (unpaired) electrons. The van der Waals surface area contributed by atoms with Crippen LogP contribution >= 0.6 is 0 Å². The Labute approximate surface area is 119 Å². The van der Waals surface area contributed by atoms with Crippen molar-refractivity contribution in [2.24, 2.45) is 0 Å². The number of hydrogen-bond donors (Lipinski definition) is 0. The molecule has 1 aliphatic heterocycles. The maximum Gasteiger partial charge on any atom is 0.223 e. The highest BCUT2D eigenvalue weighted by atomic mass is 16.7. The third-order valence-electron chi connectivity index (χ3n) is 2.82. The summed E-state index contributed by atoms with van der Waals surface area (Å²) in [5.74, 6) is 0.772. The molecule has 0 aromatic heterocycles. The van der Waals surface area contributed by atoms with E-state index in [1.54, 1.807) is 0 Å². The molecular weight excluding hydrogens is 260 g/mol. The molecule has 0 amide bonds. The van der Waals surface area contributed by atoms with Crippen molar-refractivity contribution in [3.8, 4) is 5.75 Å². The maximum atomic E-state index is 5.77. The van der Waals surface area contributed by atoms with Crippen LogP contribution in [0.4, 0.5) is 0 Å². The minimum absolute atomic E-state index is 0.372. The normalized spacial score (nSPS) is 22.6. The van der Waals surface area contributed by atoms with Gasteiger partial charge in [-0.05, 0) is 19.1 Å². The van der Waals surface area contributed by atoms with Crippen LogP contribution in [-0.4, -0.2) is 52.5 Å². The fourth-order valence-corrected chi connectivity index (χ4v) is 1.74. The minimum Gasteiger partial charge on any atom is -0.462 e. The second kappa shape index (κ2) is 8.92. The van der Waals surface area contributed by atoms with Gasteiger partial charge in [0.05, 0.1) is 39.6 Å². The van der Waals surface area contributed by atoms with Gasteiger partial charge in [-0.3, -0.25) is 0 Å². The number of hydrogen-bond acceptors (Lipinski definition) is 5. The van der Waals surface area contributed by atoms with E-state index in [0.717, 1.165) is 5.75 Å². The molecule has 0 saturated carbocycles. The van der Waals surface area contributed by atoms with Crippen LogP contribution in [0.2, 0.25) is 0 Å². The quantitative estimate of drug-likeness (QED) is 0.827. The molecule has 112 valence electrons. The minimum atomic E-state index is -0.430. The van der Waals surface area contributed by atoms with Crippen LogP contribution < -0.4 is 4.74 Å². The zero-order valence-electron chi connectivity index (χ0n) is 11.9. The van der Waals surface area contributed by atoms with Gasteiger partial charge in [-0.25, -0.2) is 0 Å². The van der Waals surface area contributed by atoms with Crippen molar-refractivity contribution in [2.45, 2.75) is 13.2 Å². The van der Waals surface area contributed by atoms with Crippen molar-refractivity contribution in [1.82, 2.24) is 0 Å². The lowest BCUT2D eigenvalue weighted by molar-refractivity contribution is -0.140. The summed E-state index contributed by atoms with van der Waals surface area (Å²) < 4.78 is 27.6. The third-order valence-corrected chi connectivity index (χ3v) is 2.82. The predicted molar refractivity (Wildman–Crippen MR) is 74.0 cm³/mol. The van der Waals surface area contributed by atoms with Crippen LogP contribution in [-0.2, 0) is 18.9 Å². The van der Waals surface area contributed by atoms with Crippen LogP contribution in [0.3, 0.4) is 0 Å². The van der Waals surface area contributed by atoms with E-state index >= 15 is 0 Å². The third kappa shape index (κ3) is 5.88. The Balaban J connectivity index is 1.83. The lowest BCUT2D eigenvalue weighted by Crippen LogP contribution is -2.29. The molecule has 0 bridgehead atoms. The Morgan fingerprint density at radius 2 is 1.45 bits per heavy atom. The van der Waals surface area contributed by atoms with E-state index in [4.69, 9.17) is 23.7 Å². The van der Waals surface area contributed by atoms with Gasteiger partial charge in [-0.1, -0.05) is 17.7 Å². The van der Waals surface area contributed by atoms with Crippen molar-refractivity contribution in [3.05, 3.63) is 29.8 Å². The van der Waals surface area contributed by atoms with Crippen LogP contribution in [0.5, 0.6) is 5.75 Å². The zero-order valence-corrected chi connectivity index (χ0v) is 11.9. The van der Waals surface area contributed by atoms with E-state index in [9.17, 15) is 0 Å². The van der Waals surface area contributed by atoms with E-state index in [1.165, 1.54) is 5.56 Å². The van der Waals surface area contributed by atoms with Gasteiger partial charge in [0.1, 0.15) is 12.4 Å². The molecule has 1 aromatic rings. The smallest absolute Gasteiger partial charge is 0.223 e. The van der Waals surface area contributed by atoms with E-state index < -0.39 is 6.29 Å². The number of ether oxygens (including phenoxy) is 5. The van der Waals surface area contributed by atoms with Gasteiger partial charge in [-0.2, -0.15) is 0 Å². The van der Waals surface area contributed by atoms with Gasteiger partial charge in [0, 0.05) is 0 Å². The molecule has 1 aliphatic rings. The van der Waals surface area contributed by atoms with Gasteiger partial charge in [0.15, 0.2) is 0 Å². The summed E-state index contributed by atoms with van der Waals surface area (Å²) >= 11 is 0. The second-order valence-corrected chi connectivity index (χ2v) is 4.53. The highest BCUT2D eigenvalue weighted by Crippen LogP contribution is 2.14. The first-order valence-electron chi connectivity index (χ1n) is 6.93. The van der Waals surface area contributed by atoms with E-state index in [0.29, 0.717) is 46.2 Å². The monoisotopic (exact) mass is 282 g/mol. The van der Waals surface area contributed by atoms with Gasteiger partial charge in [-0.15, -0.1) is 0 Å². The average molecular weight is 282 g/mol. The van der Waals surface area contributed by atoms with Crippen LogP contribution in [0.25, 0.3) is 0 Å². The molecule has 2 rings (SSSR count). The molecule has 5 heteroatoms. The highest BCUT2D eigenvalue weighted by molar-refractivity contribution is 5.26. The summed E-state index contributed by atoms with van der Waals surface area (Å²) in [6.07, 6.45) is -0.430. The average Bonchev–Trinajstić information content (AvgIpc) is 2.44. The molecule has 0 spiro atoms. The van der Waals surface area contributed by atoms with Gasteiger partial charge < -0.3 is 23.7 Å². The Morgan fingerprint density at radius 3 is 2.15 bits per heavy atom. The van der Waals surface area contributed by atoms with Crippen molar-refractivity contribution in [3.63, 3.8) is 0 Å². The fourth-order valence-electron chi connectivity index (χ4n) is 1.74. The predicted octanol–water partition coefficient (Wildman–Crippen LogP) is 1.78. The molecule has 20 heavy (non-hydrogen) atoms. The topological polar surface area (TPSA) is 46.2 Å². The van der Waals surface area contributed by atoms with Crippen LogP contribution in [0, 0.1) is 6.92 Å². The van der Waals surface area contributed by atoms with Crippen molar-refractivity contribution in [2.75, 3.05) is 46.2 Å². The summed E-state index contributed by atoms with van der Waals surface area (Å²) in [6, 6.07) is 7.86. The summed E-state index contributed by atoms with van der Waals surface area (Å²) in [5.41, 5.74) is 1.19. The number of rotatable bonds is 2. The van der Waals surface area contributed by atoms with E-state index in [2.05, 4.69) is 0 Å². The first-order valence-corrected chi connectivity index (χ1v) is 6.93. The Morgan fingerprint density at radius 1 is 0.850 bits per heavy atom. The fraction of sp³-hybridized carbons (Fsp3) is 0.600. The highest BCUT2D eigenvalue weighted by Gasteiger charge is 2.12. The van der Waals surface area contributed by atoms with E-state index in [-0.39, 0.29) is 0 Å². The molecule has 1 fully saturated rings. The van der Waals surface area contributed by atoms with Crippen molar-refractivity contribution < 1.29 is 23.7 Å². The largest absolute Gasteiger partial charge is 0.462 e. The van der Waals surface area contributed by atoms with Gasteiger partial charge >= 0.3 is 0 Å². The summed E-state index contributed by atoms with van der Waals surface area (Å²) in [6.45, 7) is 5.65. The summed E-state index contributed by atoms with van der Waals surface area (Å²) in [5, 5.41) is 0. The molecule has 1 heterocycles. The van der Waals surface area contributed by atoms with Gasteiger partial charge in [0.25, 0.3) is 0 Å². The lowest BCUT2D eigenvalue weighted by Gasteiger charge is -2.20. The summed E-state index contributed by atoms with van der Waals surface area (Å²) in [4.78, 5) is 0. The first kappa shape index (κ1) is 15.3. The first-order chi connectivity index (χ1) is 9.84. The molecule has 1 aromatic carbocycles. The summed E-state index contributed by atoms with van der Waals surface area (Å²) in [7, 11) is 0. The zero-order chi connectivity index (χ0) is 14.0. The molecule has 0 aliphatic carbocycles. The lowest BCUT2D eigenvalue weighted by atomic mass is 10.2. The Bertz CT molecular complexity index is 353. The Kier molecular flexibility index (Phi) is 6.80. The standard InChI is InChI=1S/C15H22O5/c1-13-2-4-14(5-3-13)20-15-12-18-9-8-16-6-7-17-10-11-19-15/h2-5,15H,6-12H2,1H3. The molecule has 1 unspecified atom stereocenters. The SMILES string of the molecule is Cc1ccc(OC2COCCOCCOCCO2)cc1. The molecule has 5 nitrogen and oxygen atoms in total. The van der Waals surface area contributed by atoms with Crippen LogP contribution in [0.15, 0.2) is 24.3 Å². The van der Waals surface area contributed by atoms with E-state index in [1.807, 2.05) is 31.2 Å². The molecular formula is C15H22O5. The second-order valence-electron chi connectivity index (χ2n) is 4.53. The number of benzene rings is 1. The molecule has 0 N–H and O–H groups in total. The number of aryl methyl sites for hydroxylation is 1. The molecule has 1 saturated heterocycles. The van der Waals surface area contributed by atoms with Crippen molar-refractivity contribution >= 4 is 0 Å². The Hall–Kier alpha value is -1.14.